The van der Waals surface area contributed by atoms with E-state index in [-0.39, 0.29) is 0 Å². The fourth-order valence-corrected chi connectivity index (χ4v) is 3.12. The molecule has 0 radical (unpaired) electrons. The van der Waals surface area contributed by atoms with Gasteiger partial charge < -0.3 is 5.32 Å². The summed E-state index contributed by atoms with van der Waals surface area (Å²) in [7, 11) is 0. The average molecular weight is 296 g/mol. The van der Waals surface area contributed by atoms with Gasteiger partial charge in [0.15, 0.2) is 0 Å². The van der Waals surface area contributed by atoms with Gasteiger partial charge >= 0.3 is 0 Å². The van der Waals surface area contributed by atoms with E-state index in [9.17, 15) is 5.26 Å². The van der Waals surface area contributed by atoms with E-state index in [2.05, 4.69) is 49.5 Å². The summed E-state index contributed by atoms with van der Waals surface area (Å²) in [6.45, 7) is 5.01. The highest BCUT2D eigenvalue weighted by atomic mass is 32.2. The zero-order valence-electron chi connectivity index (χ0n) is 12.5. The van der Waals surface area contributed by atoms with Crippen LogP contribution in [0.2, 0.25) is 0 Å². The van der Waals surface area contributed by atoms with Crippen LogP contribution in [-0.2, 0) is 13.0 Å². The second-order valence-electron chi connectivity index (χ2n) is 4.70. The van der Waals surface area contributed by atoms with Crippen molar-refractivity contribution in [3.63, 3.8) is 0 Å². The molecular weight excluding hydrogens is 276 g/mol. The molecule has 0 saturated heterocycles. The molecule has 2 aromatic carbocycles. The molecule has 0 bridgehead atoms. The molecule has 0 heterocycles. The van der Waals surface area contributed by atoms with E-state index in [0.29, 0.717) is 0 Å². The minimum Gasteiger partial charge on any atom is -0.380 e. The van der Waals surface area contributed by atoms with E-state index in [1.165, 1.54) is 11.1 Å². The Bertz CT molecular complexity index is 644. The molecule has 0 saturated carbocycles. The molecule has 21 heavy (non-hydrogen) atoms. The number of hydrogen-bond donors (Lipinski definition) is 1. The summed E-state index contributed by atoms with van der Waals surface area (Å²) in [6.07, 6.45) is 1.02. The predicted octanol–water partition coefficient (Wildman–Crippen LogP) is 4.84. The molecule has 0 aliphatic carbocycles. The van der Waals surface area contributed by atoms with Crippen LogP contribution in [-0.4, -0.2) is 5.75 Å². The highest BCUT2D eigenvalue weighted by molar-refractivity contribution is 7.99. The monoisotopic (exact) mass is 296 g/mol. The molecule has 0 fully saturated rings. The normalized spacial score (nSPS) is 10.1. The fraction of sp³-hybridized carbons (Fsp3) is 0.278. The van der Waals surface area contributed by atoms with Gasteiger partial charge in [-0.25, -0.2) is 0 Å². The summed E-state index contributed by atoms with van der Waals surface area (Å²) in [6, 6.07) is 16.8. The highest BCUT2D eigenvalue weighted by Crippen LogP contribution is 2.28. The van der Waals surface area contributed by atoms with Gasteiger partial charge in [-0.1, -0.05) is 44.2 Å². The third kappa shape index (κ3) is 3.80. The lowest BCUT2D eigenvalue weighted by atomic mass is 10.1. The van der Waals surface area contributed by atoms with Crippen molar-refractivity contribution in [1.29, 1.82) is 5.26 Å². The van der Waals surface area contributed by atoms with Crippen LogP contribution < -0.4 is 5.32 Å². The van der Waals surface area contributed by atoms with Gasteiger partial charge in [-0.3, -0.25) is 0 Å². The van der Waals surface area contributed by atoms with Crippen molar-refractivity contribution in [2.75, 3.05) is 11.1 Å². The molecule has 3 heteroatoms. The molecule has 0 aromatic heterocycles. The van der Waals surface area contributed by atoms with Crippen molar-refractivity contribution in [3.8, 4) is 6.07 Å². The van der Waals surface area contributed by atoms with E-state index >= 15 is 0 Å². The van der Waals surface area contributed by atoms with Gasteiger partial charge in [0.2, 0.25) is 0 Å². The number of benzene rings is 2. The average Bonchev–Trinajstić information content (AvgIpc) is 2.53. The van der Waals surface area contributed by atoms with E-state index in [0.717, 1.165) is 34.9 Å². The number of nitrogens with zero attached hydrogens (tertiary/aromatic N) is 1. The Labute approximate surface area is 131 Å². The molecule has 0 atom stereocenters. The standard InChI is InChI=1S/C18H20N2S/c1-3-14-8-5-6-9-15(14)13-20-17-10-7-11-18(21-4-2)16(17)12-19/h5-11,20H,3-4,13H2,1-2H3. The lowest BCUT2D eigenvalue weighted by Crippen LogP contribution is -2.04. The molecule has 1 N–H and O–H groups in total. The largest absolute Gasteiger partial charge is 0.380 e. The van der Waals surface area contributed by atoms with Crippen molar-refractivity contribution in [2.45, 2.75) is 31.7 Å². The molecule has 0 aliphatic heterocycles. The molecule has 0 aliphatic rings. The Balaban J connectivity index is 2.20. The van der Waals surface area contributed by atoms with Crippen LogP contribution in [0.5, 0.6) is 0 Å². The van der Waals surface area contributed by atoms with Crippen LogP contribution in [0.15, 0.2) is 47.4 Å². The Kier molecular flexibility index (Phi) is 5.71. The summed E-state index contributed by atoms with van der Waals surface area (Å²) in [5.74, 6) is 0.969. The Morgan fingerprint density at radius 2 is 1.81 bits per heavy atom. The van der Waals surface area contributed by atoms with Crippen LogP contribution in [0.25, 0.3) is 0 Å². The van der Waals surface area contributed by atoms with E-state index in [1.54, 1.807) is 11.8 Å². The topological polar surface area (TPSA) is 35.8 Å². The molecule has 2 aromatic rings. The minimum absolute atomic E-state index is 0.748. The third-order valence-electron chi connectivity index (χ3n) is 3.41. The summed E-state index contributed by atoms with van der Waals surface area (Å²) in [4.78, 5) is 1.05. The Hall–Kier alpha value is -1.92. The third-order valence-corrected chi connectivity index (χ3v) is 4.35. The van der Waals surface area contributed by atoms with Crippen molar-refractivity contribution in [2.24, 2.45) is 0 Å². The number of hydrogen-bond acceptors (Lipinski definition) is 3. The summed E-state index contributed by atoms with van der Waals surface area (Å²) < 4.78 is 0. The summed E-state index contributed by atoms with van der Waals surface area (Å²) >= 11 is 1.71. The lowest BCUT2D eigenvalue weighted by Gasteiger charge is -2.13. The van der Waals surface area contributed by atoms with Gasteiger partial charge in [-0.2, -0.15) is 5.26 Å². The predicted molar refractivity (Wildman–Crippen MR) is 90.7 cm³/mol. The maximum atomic E-state index is 9.42. The first-order valence-corrected chi connectivity index (χ1v) is 8.25. The van der Waals surface area contributed by atoms with E-state index in [1.807, 2.05) is 18.2 Å². The number of nitrogens with one attached hydrogen (secondary N) is 1. The maximum Gasteiger partial charge on any atom is 0.102 e. The van der Waals surface area contributed by atoms with Gasteiger partial charge in [0.1, 0.15) is 6.07 Å². The molecule has 2 rings (SSSR count). The lowest BCUT2D eigenvalue weighted by molar-refractivity contribution is 1.04. The molecule has 2 nitrogen and oxygen atoms in total. The number of rotatable bonds is 6. The molecule has 0 spiro atoms. The van der Waals surface area contributed by atoms with Gasteiger partial charge in [0.25, 0.3) is 0 Å². The SMILES string of the molecule is CCSc1cccc(NCc2ccccc2CC)c1C#N. The first-order chi connectivity index (χ1) is 10.3. The van der Waals surface area contributed by atoms with Crippen molar-refractivity contribution in [3.05, 3.63) is 59.2 Å². The quantitative estimate of drug-likeness (QED) is 0.774. The van der Waals surface area contributed by atoms with Crippen LogP contribution in [0.1, 0.15) is 30.5 Å². The van der Waals surface area contributed by atoms with Crippen LogP contribution >= 0.6 is 11.8 Å². The first-order valence-electron chi connectivity index (χ1n) is 7.26. The van der Waals surface area contributed by atoms with Crippen LogP contribution in [0, 0.1) is 11.3 Å². The second kappa shape index (κ2) is 7.75. The Morgan fingerprint density at radius 3 is 2.48 bits per heavy atom. The van der Waals surface area contributed by atoms with Gasteiger partial charge in [-0.15, -0.1) is 11.8 Å². The minimum atomic E-state index is 0.748. The van der Waals surface area contributed by atoms with Gasteiger partial charge in [0.05, 0.1) is 11.3 Å². The molecule has 0 unspecified atom stereocenters. The van der Waals surface area contributed by atoms with Crippen LogP contribution in [0.3, 0.4) is 0 Å². The number of thioether (sulfide) groups is 1. The van der Waals surface area contributed by atoms with Crippen molar-refractivity contribution in [1.82, 2.24) is 0 Å². The number of anilines is 1. The smallest absolute Gasteiger partial charge is 0.102 e. The zero-order valence-corrected chi connectivity index (χ0v) is 13.3. The number of nitriles is 1. The van der Waals surface area contributed by atoms with Gasteiger partial charge in [0, 0.05) is 11.4 Å². The van der Waals surface area contributed by atoms with Gasteiger partial charge in [-0.05, 0) is 35.4 Å². The molecule has 0 amide bonds. The Morgan fingerprint density at radius 1 is 1.05 bits per heavy atom. The maximum absolute atomic E-state index is 9.42. The molecular formula is C18H20N2S. The highest BCUT2D eigenvalue weighted by Gasteiger charge is 2.08. The first kappa shape index (κ1) is 15.5. The zero-order chi connectivity index (χ0) is 15.1. The summed E-state index contributed by atoms with van der Waals surface area (Å²) in [5.41, 5.74) is 4.31. The van der Waals surface area contributed by atoms with Crippen LogP contribution in [0.4, 0.5) is 5.69 Å². The second-order valence-corrected chi connectivity index (χ2v) is 6.01. The molecule has 108 valence electrons. The number of aryl methyl sites for hydroxylation is 1. The fourth-order valence-electron chi connectivity index (χ4n) is 2.33. The summed E-state index contributed by atoms with van der Waals surface area (Å²) in [5, 5.41) is 12.8. The van der Waals surface area contributed by atoms with E-state index in [4.69, 9.17) is 0 Å². The van der Waals surface area contributed by atoms with Crippen molar-refractivity contribution < 1.29 is 0 Å². The van der Waals surface area contributed by atoms with Crippen molar-refractivity contribution >= 4 is 17.4 Å². The van der Waals surface area contributed by atoms with E-state index < -0.39 is 0 Å².